The van der Waals surface area contributed by atoms with Crippen molar-refractivity contribution < 1.29 is 14.3 Å². The summed E-state index contributed by atoms with van der Waals surface area (Å²) in [5.74, 6) is 0.351. The SMILES string of the molecule is C[C@H](CCc1ccccc1)NC(=O)[C@H]1CS[C@@H](c2ccc(Cl)cc2)N1C(=O)OC(C)(C)C. The standard InChI is InChI=1S/C25H31ClN2O3S/c1-17(10-11-18-8-6-5-7-9-18)27-22(29)21-16-32-23(19-12-14-20(26)15-13-19)28(21)24(30)31-25(2,3)4/h5-9,12-15,17,21,23H,10-11,16H2,1-4H3,(H,27,29)/t17-,21-,23+/m1/s1. The van der Waals surface area contributed by atoms with Crippen molar-refractivity contribution in [2.24, 2.45) is 0 Å². The zero-order valence-electron chi connectivity index (χ0n) is 19.0. The quantitative estimate of drug-likeness (QED) is 0.572. The minimum Gasteiger partial charge on any atom is -0.444 e. The molecule has 1 heterocycles. The molecule has 3 rings (SSSR count). The zero-order valence-corrected chi connectivity index (χ0v) is 20.6. The smallest absolute Gasteiger partial charge is 0.412 e. The highest BCUT2D eigenvalue weighted by Crippen LogP contribution is 2.42. The van der Waals surface area contributed by atoms with E-state index in [1.54, 1.807) is 28.8 Å². The molecule has 1 aliphatic heterocycles. The first-order valence-electron chi connectivity index (χ1n) is 10.9. The molecule has 3 atom stereocenters. The third kappa shape index (κ3) is 6.66. The number of nitrogens with zero attached hydrogens (tertiary/aromatic N) is 1. The first kappa shape index (κ1) is 24.5. The van der Waals surface area contributed by atoms with Crippen molar-refractivity contribution in [2.45, 2.75) is 63.6 Å². The van der Waals surface area contributed by atoms with Gasteiger partial charge in [0.1, 0.15) is 17.0 Å². The van der Waals surface area contributed by atoms with Crippen molar-refractivity contribution >= 4 is 35.4 Å². The fourth-order valence-electron chi connectivity index (χ4n) is 3.57. The number of benzene rings is 2. The Balaban J connectivity index is 1.71. The second-order valence-electron chi connectivity index (χ2n) is 9.07. The maximum Gasteiger partial charge on any atom is 0.412 e. The molecule has 1 N–H and O–H groups in total. The number of ether oxygens (including phenoxy) is 1. The minimum absolute atomic E-state index is 0.0113. The van der Waals surface area contributed by atoms with Crippen molar-refractivity contribution in [3.05, 3.63) is 70.7 Å². The monoisotopic (exact) mass is 474 g/mol. The van der Waals surface area contributed by atoms with E-state index >= 15 is 0 Å². The van der Waals surface area contributed by atoms with Gasteiger partial charge in [0.15, 0.2) is 0 Å². The molecule has 1 fully saturated rings. The van der Waals surface area contributed by atoms with Crippen molar-refractivity contribution in [2.75, 3.05) is 5.75 Å². The number of carbonyl (C=O) groups excluding carboxylic acids is 2. The molecule has 2 aromatic carbocycles. The lowest BCUT2D eigenvalue weighted by molar-refractivity contribution is -0.126. The number of hydrogen-bond donors (Lipinski definition) is 1. The Hall–Kier alpha value is -2.18. The van der Waals surface area contributed by atoms with E-state index in [1.165, 1.54) is 5.56 Å². The summed E-state index contributed by atoms with van der Waals surface area (Å²) in [7, 11) is 0. The first-order valence-corrected chi connectivity index (χ1v) is 12.3. The van der Waals surface area contributed by atoms with Gasteiger partial charge in [0, 0.05) is 16.8 Å². The second kappa shape index (κ2) is 10.6. The Labute approximate surface area is 199 Å². The summed E-state index contributed by atoms with van der Waals surface area (Å²) >= 11 is 7.60. The third-order valence-corrected chi connectivity index (χ3v) is 6.74. The minimum atomic E-state index is -0.654. The maximum absolute atomic E-state index is 13.2. The number of rotatable bonds is 6. The fraction of sp³-hybridized carbons (Fsp3) is 0.440. The van der Waals surface area contributed by atoms with Gasteiger partial charge in [0.2, 0.25) is 5.91 Å². The van der Waals surface area contributed by atoms with Gasteiger partial charge in [-0.2, -0.15) is 0 Å². The van der Waals surface area contributed by atoms with Crippen LogP contribution in [0.15, 0.2) is 54.6 Å². The van der Waals surface area contributed by atoms with E-state index in [9.17, 15) is 9.59 Å². The molecule has 32 heavy (non-hydrogen) atoms. The van der Waals surface area contributed by atoms with Crippen LogP contribution in [0.2, 0.25) is 5.02 Å². The topological polar surface area (TPSA) is 58.6 Å². The van der Waals surface area contributed by atoms with E-state index in [0.29, 0.717) is 10.8 Å². The molecule has 0 radical (unpaired) electrons. The molecular formula is C25H31ClN2O3S. The van der Waals surface area contributed by atoms with Crippen molar-refractivity contribution in [3.8, 4) is 0 Å². The average Bonchev–Trinajstić information content (AvgIpc) is 3.18. The van der Waals surface area contributed by atoms with E-state index in [0.717, 1.165) is 18.4 Å². The predicted molar refractivity (Wildman–Crippen MR) is 131 cm³/mol. The first-order chi connectivity index (χ1) is 15.1. The molecule has 0 aliphatic carbocycles. The van der Waals surface area contributed by atoms with Gasteiger partial charge in [-0.3, -0.25) is 9.69 Å². The van der Waals surface area contributed by atoms with Crippen LogP contribution in [0.25, 0.3) is 0 Å². The summed E-state index contributed by atoms with van der Waals surface area (Å²) in [6.45, 7) is 7.47. The van der Waals surface area contributed by atoms with Gasteiger partial charge in [-0.25, -0.2) is 4.79 Å². The number of hydrogen-bond acceptors (Lipinski definition) is 4. The summed E-state index contributed by atoms with van der Waals surface area (Å²) < 4.78 is 5.66. The predicted octanol–water partition coefficient (Wildman–Crippen LogP) is 5.83. The van der Waals surface area contributed by atoms with Crippen LogP contribution in [0.1, 0.15) is 50.6 Å². The van der Waals surface area contributed by atoms with Gasteiger partial charge in [-0.1, -0.05) is 54.1 Å². The van der Waals surface area contributed by atoms with Gasteiger partial charge in [0.05, 0.1) is 0 Å². The van der Waals surface area contributed by atoms with Crippen LogP contribution < -0.4 is 5.32 Å². The Morgan fingerprint density at radius 2 is 1.81 bits per heavy atom. The summed E-state index contributed by atoms with van der Waals surface area (Å²) in [6, 6.07) is 17.0. The Kier molecular flexibility index (Phi) is 8.12. The molecule has 0 unspecified atom stereocenters. The molecule has 0 aromatic heterocycles. The van der Waals surface area contributed by atoms with Crippen molar-refractivity contribution in [1.82, 2.24) is 10.2 Å². The van der Waals surface area contributed by atoms with Gasteiger partial charge in [-0.05, 0) is 63.8 Å². The fourth-order valence-corrected chi connectivity index (χ4v) is 5.11. The van der Waals surface area contributed by atoms with Crippen LogP contribution >= 0.6 is 23.4 Å². The van der Waals surface area contributed by atoms with Crippen LogP contribution in [-0.4, -0.2) is 40.3 Å². The second-order valence-corrected chi connectivity index (χ2v) is 10.6. The highest BCUT2D eigenvalue weighted by molar-refractivity contribution is 7.99. The number of thioether (sulfide) groups is 1. The number of amides is 2. The average molecular weight is 475 g/mol. The molecule has 0 saturated carbocycles. The summed E-state index contributed by atoms with van der Waals surface area (Å²) in [5.41, 5.74) is 1.50. The van der Waals surface area contributed by atoms with Gasteiger partial charge < -0.3 is 10.1 Å². The van der Waals surface area contributed by atoms with Gasteiger partial charge >= 0.3 is 6.09 Å². The maximum atomic E-state index is 13.2. The number of aryl methyl sites for hydroxylation is 1. The number of halogens is 1. The van der Waals surface area contributed by atoms with Crippen LogP contribution in [-0.2, 0) is 16.0 Å². The van der Waals surface area contributed by atoms with E-state index in [4.69, 9.17) is 16.3 Å². The highest BCUT2D eigenvalue weighted by Gasteiger charge is 2.44. The lowest BCUT2D eigenvalue weighted by Gasteiger charge is -2.32. The third-order valence-electron chi connectivity index (χ3n) is 5.16. The highest BCUT2D eigenvalue weighted by atomic mass is 35.5. The lowest BCUT2D eigenvalue weighted by atomic mass is 10.1. The van der Waals surface area contributed by atoms with E-state index < -0.39 is 17.7 Å². The largest absolute Gasteiger partial charge is 0.444 e. The molecule has 2 amide bonds. The molecule has 0 bridgehead atoms. The Morgan fingerprint density at radius 1 is 1.16 bits per heavy atom. The molecule has 0 spiro atoms. The Bertz CT molecular complexity index is 915. The lowest BCUT2D eigenvalue weighted by Crippen LogP contribution is -2.51. The van der Waals surface area contributed by atoms with Crippen LogP contribution in [0, 0.1) is 0 Å². The van der Waals surface area contributed by atoms with Crippen molar-refractivity contribution in [3.63, 3.8) is 0 Å². The number of carbonyl (C=O) groups is 2. The normalized spacial score (nSPS) is 19.5. The summed E-state index contributed by atoms with van der Waals surface area (Å²) in [5, 5.41) is 3.42. The van der Waals surface area contributed by atoms with E-state index in [2.05, 4.69) is 17.4 Å². The number of nitrogens with one attached hydrogen (secondary N) is 1. The summed E-state index contributed by atoms with van der Waals surface area (Å²) in [6.07, 6.45) is 1.22. The van der Waals surface area contributed by atoms with Gasteiger partial charge in [-0.15, -0.1) is 11.8 Å². The van der Waals surface area contributed by atoms with Crippen LogP contribution in [0.3, 0.4) is 0 Å². The molecule has 172 valence electrons. The van der Waals surface area contributed by atoms with E-state index in [-0.39, 0.29) is 17.3 Å². The van der Waals surface area contributed by atoms with E-state index in [1.807, 2.05) is 58.0 Å². The zero-order chi connectivity index (χ0) is 23.3. The molecule has 1 saturated heterocycles. The molecule has 2 aromatic rings. The molecule has 7 heteroatoms. The molecule has 1 aliphatic rings. The van der Waals surface area contributed by atoms with Gasteiger partial charge in [0.25, 0.3) is 0 Å². The molecule has 5 nitrogen and oxygen atoms in total. The Morgan fingerprint density at radius 3 is 2.44 bits per heavy atom. The molecular weight excluding hydrogens is 444 g/mol. The van der Waals surface area contributed by atoms with Crippen LogP contribution in [0.4, 0.5) is 4.79 Å². The van der Waals surface area contributed by atoms with Crippen molar-refractivity contribution in [1.29, 1.82) is 0 Å². The van der Waals surface area contributed by atoms with Crippen LogP contribution in [0.5, 0.6) is 0 Å². The summed E-state index contributed by atoms with van der Waals surface area (Å²) in [4.78, 5) is 27.9.